The Kier molecular flexibility index (Phi) is 2.89. The first-order valence-electron chi connectivity index (χ1n) is 6.48. The van der Waals surface area contributed by atoms with E-state index < -0.39 is 0 Å². The molecule has 2 aliphatic rings. The lowest BCUT2D eigenvalue weighted by atomic mass is 10.2. The molecular formula is C13H20N4. The molecule has 0 bridgehead atoms. The van der Waals surface area contributed by atoms with E-state index in [9.17, 15) is 0 Å². The third-order valence-electron chi connectivity index (χ3n) is 3.76. The number of piperazine rings is 1. The van der Waals surface area contributed by atoms with Gasteiger partial charge >= 0.3 is 0 Å². The predicted octanol–water partition coefficient (Wildman–Crippen LogP) is 1.41. The minimum Gasteiger partial charge on any atom is -0.387 e. The number of rotatable bonds is 3. The maximum atomic E-state index is 4.28. The van der Waals surface area contributed by atoms with Gasteiger partial charge in [0.15, 0.2) is 0 Å². The number of aromatic nitrogens is 1. The number of pyridine rings is 1. The summed E-state index contributed by atoms with van der Waals surface area (Å²) in [5.41, 5.74) is 2.33. The number of nitrogens with one attached hydrogen (secondary N) is 1. The molecule has 0 atom stereocenters. The zero-order valence-corrected chi connectivity index (χ0v) is 10.4. The minimum atomic E-state index is 0.902. The van der Waals surface area contributed by atoms with E-state index in [1.807, 2.05) is 19.4 Å². The number of hydrogen-bond acceptors (Lipinski definition) is 4. The highest BCUT2D eigenvalue weighted by Crippen LogP contribution is 2.28. The molecule has 3 rings (SSSR count). The maximum absolute atomic E-state index is 4.28. The van der Waals surface area contributed by atoms with Crippen LogP contribution < -0.4 is 10.2 Å². The molecule has 4 nitrogen and oxygen atoms in total. The molecule has 0 spiro atoms. The highest BCUT2D eigenvalue weighted by Gasteiger charge is 2.31. The van der Waals surface area contributed by atoms with Gasteiger partial charge in [-0.05, 0) is 18.9 Å². The van der Waals surface area contributed by atoms with E-state index in [1.54, 1.807) is 0 Å². The van der Waals surface area contributed by atoms with Crippen LogP contribution in [-0.4, -0.2) is 49.2 Å². The largest absolute Gasteiger partial charge is 0.387 e. The van der Waals surface area contributed by atoms with Gasteiger partial charge in [-0.2, -0.15) is 0 Å². The summed E-state index contributed by atoms with van der Waals surface area (Å²) in [6, 6.07) is 3.08. The molecule has 0 unspecified atom stereocenters. The van der Waals surface area contributed by atoms with Crippen molar-refractivity contribution in [2.45, 2.75) is 18.9 Å². The van der Waals surface area contributed by atoms with Crippen LogP contribution in [0.4, 0.5) is 11.4 Å². The van der Waals surface area contributed by atoms with Gasteiger partial charge in [-0.25, -0.2) is 0 Å². The van der Waals surface area contributed by atoms with E-state index in [2.05, 4.69) is 26.2 Å². The molecule has 1 N–H and O–H groups in total. The Bertz CT molecular complexity index is 381. The first kappa shape index (κ1) is 10.8. The van der Waals surface area contributed by atoms with Crippen LogP contribution in [0.1, 0.15) is 12.8 Å². The van der Waals surface area contributed by atoms with Crippen molar-refractivity contribution >= 4 is 11.4 Å². The van der Waals surface area contributed by atoms with Crippen molar-refractivity contribution in [3.63, 3.8) is 0 Å². The lowest BCUT2D eigenvalue weighted by molar-refractivity contribution is 0.248. The third kappa shape index (κ3) is 2.36. The lowest BCUT2D eigenvalue weighted by Gasteiger charge is -2.36. The molecule has 92 valence electrons. The molecule has 1 saturated carbocycles. The Balaban J connectivity index is 1.64. The van der Waals surface area contributed by atoms with E-state index in [1.165, 1.54) is 31.6 Å². The summed E-state index contributed by atoms with van der Waals surface area (Å²) in [7, 11) is 1.94. The summed E-state index contributed by atoms with van der Waals surface area (Å²) in [6.45, 7) is 4.67. The Hall–Kier alpha value is -1.29. The van der Waals surface area contributed by atoms with Gasteiger partial charge in [-0.3, -0.25) is 9.88 Å². The summed E-state index contributed by atoms with van der Waals surface area (Å²) >= 11 is 0. The summed E-state index contributed by atoms with van der Waals surface area (Å²) in [6.07, 6.45) is 6.66. The fourth-order valence-corrected chi connectivity index (χ4v) is 2.52. The molecule has 4 heteroatoms. The lowest BCUT2D eigenvalue weighted by Crippen LogP contribution is -2.47. The zero-order valence-electron chi connectivity index (χ0n) is 10.4. The summed E-state index contributed by atoms with van der Waals surface area (Å²) in [5, 5.41) is 3.14. The molecule has 0 radical (unpaired) electrons. The van der Waals surface area contributed by atoms with Crippen molar-refractivity contribution < 1.29 is 0 Å². The van der Waals surface area contributed by atoms with Crippen LogP contribution in [0.25, 0.3) is 0 Å². The van der Waals surface area contributed by atoms with Crippen LogP contribution >= 0.6 is 0 Å². The Labute approximate surface area is 103 Å². The molecule has 2 fully saturated rings. The van der Waals surface area contributed by atoms with Crippen molar-refractivity contribution in [3.8, 4) is 0 Å². The van der Waals surface area contributed by atoms with Crippen molar-refractivity contribution in [1.29, 1.82) is 0 Å². The number of anilines is 2. The summed E-state index contributed by atoms with van der Waals surface area (Å²) < 4.78 is 0. The second-order valence-electron chi connectivity index (χ2n) is 4.94. The first-order chi connectivity index (χ1) is 8.36. The van der Waals surface area contributed by atoms with Crippen molar-refractivity contribution in [2.75, 3.05) is 43.4 Å². The Morgan fingerprint density at radius 1 is 1.18 bits per heavy atom. The van der Waals surface area contributed by atoms with E-state index in [0.29, 0.717) is 0 Å². The fraction of sp³-hybridized carbons (Fsp3) is 0.615. The highest BCUT2D eigenvalue weighted by atomic mass is 15.3. The summed E-state index contributed by atoms with van der Waals surface area (Å²) in [4.78, 5) is 9.35. The monoisotopic (exact) mass is 232 g/mol. The maximum Gasteiger partial charge on any atom is 0.0574 e. The molecule has 0 amide bonds. The van der Waals surface area contributed by atoms with Crippen LogP contribution in [0.15, 0.2) is 18.5 Å². The van der Waals surface area contributed by atoms with Crippen molar-refractivity contribution in [3.05, 3.63) is 18.5 Å². The van der Waals surface area contributed by atoms with E-state index in [0.717, 1.165) is 24.8 Å². The van der Waals surface area contributed by atoms with E-state index in [4.69, 9.17) is 0 Å². The predicted molar refractivity (Wildman–Crippen MR) is 70.6 cm³/mol. The highest BCUT2D eigenvalue weighted by molar-refractivity contribution is 5.55. The van der Waals surface area contributed by atoms with Crippen molar-refractivity contribution in [2.24, 2.45) is 0 Å². The van der Waals surface area contributed by atoms with Gasteiger partial charge in [0.1, 0.15) is 0 Å². The van der Waals surface area contributed by atoms with Gasteiger partial charge in [0.05, 0.1) is 23.8 Å². The molecular weight excluding hydrogens is 212 g/mol. The van der Waals surface area contributed by atoms with Gasteiger partial charge < -0.3 is 10.2 Å². The van der Waals surface area contributed by atoms with Gasteiger partial charge in [0.25, 0.3) is 0 Å². The second kappa shape index (κ2) is 4.53. The van der Waals surface area contributed by atoms with Crippen LogP contribution in [0.2, 0.25) is 0 Å². The molecule has 0 aromatic carbocycles. The molecule has 1 aromatic rings. The van der Waals surface area contributed by atoms with Crippen LogP contribution in [0.3, 0.4) is 0 Å². The number of hydrogen-bond donors (Lipinski definition) is 1. The first-order valence-corrected chi connectivity index (χ1v) is 6.48. The van der Waals surface area contributed by atoms with Crippen molar-refractivity contribution in [1.82, 2.24) is 9.88 Å². The third-order valence-corrected chi connectivity index (χ3v) is 3.76. The van der Waals surface area contributed by atoms with Crippen LogP contribution in [0.5, 0.6) is 0 Å². The fourth-order valence-electron chi connectivity index (χ4n) is 2.52. The Morgan fingerprint density at radius 2 is 1.94 bits per heavy atom. The average molecular weight is 232 g/mol. The normalized spacial score (nSPS) is 21.6. The second-order valence-corrected chi connectivity index (χ2v) is 4.94. The topological polar surface area (TPSA) is 31.4 Å². The van der Waals surface area contributed by atoms with Gasteiger partial charge in [0.2, 0.25) is 0 Å². The molecule has 17 heavy (non-hydrogen) atoms. The quantitative estimate of drug-likeness (QED) is 0.854. The van der Waals surface area contributed by atoms with E-state index >= 15 is 0 Å². The van der Waals surface area contributed by atoms with Crippen LogP contribution in [-0.2, 0) is 0 Å². The molecule has 1 aliphatic carbocycles. The smallest absolute Gasteiger partial charge is 0.0574 e. The number of nitrogens with zero attached hydrogens (tertiary/aromatic N) is 3. The molecule has 1 aliphatic heterocycles. The minimum absolute atomic E-state index is 0.902. The average Bonchev–Trinajstić information content (AvgIpc) is 3.23. The van der Waals surface area contributed by atoms with Gasteiger partial charge in [0, 0.05) is 39.3 Å². The van der Waals surface area contributed by atoms with Gasteiger partial charge in [-0.15, -0.1) is 0 Å². The van der Waals surface area contributed by atoms with Gasteiger partial charge in [-0.1, -0.05) is 0 Å². The molecule has 2 heterocycles. The molecule has 1 saturated heterocycles. The SMILES string of the molecule is CNc1cncc(N2CCN(C3CC3)CC2)c1. The molecule has 1 aromatic heterocycles. The standard InChI is InChI=1S/C13H20N4/c1-14-11-8-13(10-15-9-11)17-6-4-16(5-7-17)12-2-3-12/h8-10,12,14H,2-7H2,1H3. The summed E-state index contributed by atoms with van der Waals surface area (Å²) in [5.74, 6) is 0. The van der Waals surface area contributed by atoms with E-state index in [-0.39, 0.29) is 0 Å². The van der Waals surface area contributed by atoms with Crippen LogP contribution in [0, 0.1) is 0 Å². The Morgan fingerprint density at radius 3 is 2.59 bits per heavy atom. The zero-order chi connectivity index (χ0) is 11.7.